The first-order valence-corrected chi connectivity index (χ1v) is 10.2. The number of rotatable bonds is 7. The van der Waals surface area contributed by atoms with Gasteiger partial charge in [-0.15, -0.1) is 6.58 Å². The number of amides is 1. The summed E-state index contributed by atoms with van der Waals surface area (Å²) in [6.07, 6.45) is 5.14. The lowest BCUT2D eigenvalue weighted by Crippen LogP contribution is -2.30. The van der Waals surface area contributed by atoms with Crippen LogP contribution >= 0.6 is 0 Å². The number of benzene rings is 2. The van der Waals surface area contributed by atoms with Crippen LogP contribution in [0.15, 0.2) is 79.6 Å². The third kappa shape index (κ3) is 3.92. The van der Waals surface area contributed by atoms with Crippen LogP contribution in [-0.2, 0) is 4.79 Å². The van der Waals surface area contributed by atoms with Gasteiger partial charge in [-0.25, -0.2) is 13.9 Å². The fourth-order valence-corrected chi connectivity index (χ4v) is 3.53. The van der Waals surface area contributed by atoms with Crippen molar-refractivity contribution in [3.8, 4) is 11.3 Å². The fourth-order valence-electron chi connectivity index (χ4n) is 3.53. The van der Waals surface area contributed by atoms with Crippen LogP contribution < -0.4 is 4.90 Å². The molecule has 1 amide bonds. The van der Waals surface area contributed by atoms with E-state index in [0.717, 1.165) is 16.9 Å². The number of carbonyl (C=O) groups is 2. The maximum Gasteiger partial charge on any atom is 0.226 e. The zero-order valence-corrected chi connectivity index (χ0v) is 17.5. The molecule has 0 fully saturated rings. The predicted octanol–water partition coefficient (Wildman–Crippen LogP) is 4.70. The molecule has 0 saturated carbocycles. The number of hydrogen-bond donors (Lipinski definition) is 0. The van der Waals surface area contributed by atoms with Gasteiger partial charge in [-0.1, -0.05) is 25.1 Å². The van der Waals surface area contributed by atoms with Crippen LogP contribution in [0.4, 0.5) is 10.1 Å². The minimum Gasteiger partial charge on any atom is -0.309 e. The Kier molecular flexibility index (Phi) is 5.89. The van der Waals surface area contributed by atoms with Crippen LogP contribution in [0, 0.1) is 5.82 Å². The molecule has 0 bridgehead atoms. The van der Waals surface area contributed by atoms with E-state index in [4.69, 9.17) is 0 Å². The minimum atomic E-state index is -0.409. The molecule has 0 aliphatic carbocycles. The number of hydrogen-bond acceptors (Lipinski definition) is 4. The summed E-state index contributed by atoms with van der Waals surface area (Å²) >= 11 is 0. The smallest absolute Gasteiger partial charge is 0.226 e. The van der Waals surface area contributed by atoms with Gasteiger partial charge in [0, 0.05) is 36.0 Å². The standard InChI is InChI=1S/C25H21FN4O2/c1-3-14-29(23(31)4-2)20-7-5-6-18(15-20)22-12-13-27-25-21(16-28-30(22)25)24(32)17-8-10-19(26)11-9-17/h3,5-13,15-16H,1,4,14H2,2H3. The van der Waals surface area contributed by atoms with Gasteiger partial charge in [0.15, 0.2) is 11.4 Å². The SMILES string of the molecule is C=CCN(C(=O)CC)c1cccc(-c2ccnc3c(C(=O)c4ccc(F)cc4)cnn23)c1. The van der Waals surface area contributed by atoms with E-state index >= 15 is 0 Å². The van der Waals surface area contributed by atoms with Crippen molar-refractivity contribution in [2.24, 2.45) is 0 Å². The molecule has 0 atom stereocenters. The van der Waals surface area contributed by atoms with Crippen molar-refractivity contribution >= 4 is 23.0 Å². The molecule has 2 aromatic heterocycles. The molecule has 2 aromatic carbocycles. The van der Waals surface area contributed by atoms with E-state index in [-0.39, 0.29) is 11.7 Å². The molecule has 2 heterocycles. The lowest BCUT2D eigenvalue weighted by molar-refractivity contribution is -0.118. The average Bonchev–Trinajstić information content (AvgIpc) is 3.26. The Balaban J connectivity index is 1.77. The molecule has 6 nitrogen and oxygen atoms in total. The molecule has 0 radical (unpaired) electrons. The van der Waals surface area contributed by atoms with Crippen LogP contribution in [0.1, 0.15) is 29.3 Å². The van der Waals surface area contributed by atoms with Crippen molar-refractivity contribution in [2.45, 2.75) is 13.3 Å². The minimum absolute atomic E-state index is 0.00630. The molecule has 4 rings (SSSR count). The molecule has 0 N–H and O–H groups in total. The summed E-state index contributed by atoms with van der Waals surface area (Å²) in [7, 11) is 0. The van der Waals surface area contributed by atoms with E-state index in [0.29, 0.717) is 29.7 Å². The molecule has 0 aliphatic heterocycles. The van der Waals surface area contributed by atoms with Gasteiger partial charge in [0.25, 0.3) is 0 Å². The number of nitrogens with zero attached hydrogens (tertiary/aromatic N) is 4. The normalized spacial score (nSPS) is 10.8. The molecule has 0 unspecified atom stereocenters. The molecule has 0 saturated heterocycles. The van der Waals surface area contributed by atoms with E-state index in [2.05, 4.69) is 16.7 Å². The van der Waals surface area contributed by atoms with Crippen molar-refractivity contribution in [3.05, 3.63) is 96.6 Å². The van der Waals surface area contributed by atoms with Gasteiger partial charge in [-0.3, -0.25) is 9.59 Å². The van der Waals surface area contributed by atoms with E-state index in [1.807, 2.05) is 31.2 Å². The van der Waals surface area contributed by atoms with Crippen molar-refractivity contribution in [2.75, 3.05) is 11.4 Å². The molecular formula is C25H21FN4O2. The lowest BCUT2D eigenvalue weighted by Gasteiger charge is -2.21. The fraction of sp³-hybridized carbons (Fsp3) is 0.120. The third-order valence-corrected chi connectivity index (χ3v) is 5.12. The summed E-state index contributed by atoms with van der Waals surface area (Å²) in [5, 5.41) is 4.38. The largest absolute Gasteiger partial charge is 0.309 e. The average molecular weight is 428 g/mol. The molecule has 0 aliphatic rings. The van der Waals surface area contributed by atoms with Crippen molar-refractivity contribution in [3.63, 3.8) is 0 Å². The highest BCUT2D eigenvalue weighted by Crippen LogP contribution is 2.26. The summed E-state index contributed by atoms with van der Waals surface area (Å²) in [5.74, 6) is -0.703. The summed E-state index contributed by atoms with van der Waals surface area (Å²) in [4.78, 5) is 31.3. The zero-order chi connectivity index (χ0) is 22.7. The Bertz CT molecular complexity index is 1310. The summed E-state index contributed by atoms with van der Waals surface area (Å²) in [5.41, 5.74) is 3.36. The van der Waals surface area contributed by atoms with Gasteiger partial charge < -0.3 is 4.90 Å². The Morgan fingerprint density at radius 3 is 2.66 bits per heavy atom. The molecular weight excluding hydrogens is 407 g/mol. The van der Waals surface area contributed by atoms with Gasteiger partial charge in [-0.05, 0) is 42.5 Å². The molecule has 7 heteroatoms. The number of halogens is 1. The van der Waals surface area contributed by atoms with Gasteiger partial charge in [-0.2, -0.15) is 5.10 Å². The molecule has 4 aromatic rings. The van der Waals surface area contributed by atoms with Crippen molar-refractivity contribution in [1.82, 2.24) is 14.6 Å². The number of aromatic nitrogens is 3. The van der Waals surface area contributed by atoms with Crippen LogP contribution in [0.3, 0.4) is 0 Å². The Morgan fingerprint density at radius 1 is 1.16 bits per heavy atom. The highest BCUT2D eigenvalue weighted by Gasteiger charge is 2.19. The Hall–Kier alpha value is -4.13. The monoisotopic (exact) mass is 428 g/mol. The molecule has 0 spiro atoms. The first-order valence-electron chi connectivity index (χ1n) is 10.2. The number of anilines is 1. The van der Waals surface area contributed by atoms with Crippen LogP contribution in [0.2, 0.25) is 0 Å². The first kappa shape index (κ1) is 21.1. The van der Waals surface area contributed by atoms with Gasteiger partial charge in [0.2, 0.25) is 5.91 Å². The van der Waals surface area contributed by atoms with Crippen LogP contribution in [0.5, 0.6) is 0 Å². The second-order valence-corrected chi connectivity index (χ2v) is 7.16. The summed E-state index contributed by atoms with van der Waals surface area (Å²) in [6, 6.07) is 14.7. The Labute approximate surface area is 184 Å². The number of carbonyl (C=O) groups excluding carboxylic acids is 2. The highest BCUT2D eigenvalue weighted by atomic mass is 19.1. The van der Waals surface area contributed by atoms with E-state index in [1.165, 1.54) is 30.5 Å². The lowest BCUT2D eigenvalue weighted by atomic mass is 10.1. The first-order chi connectivity index (χ1) is 15.5. The van der Waals surface area contributed by atoms with E-state index in [1.54, 1.807) is 27.8 Å². The van der Waals surface area contributed by atoms with E-state index in [9.17, 15) is 14.0 Å². The summed E-state index contributed by atoms with van der Waals surface area (Å²) in [6.45, 7) is 5.96. The molecule has 32 heavy (non-hydrogen) atoms. The van der Waals surface area contributed by atoms with Crippen molar-refractivity contribution in [1.29, 1.82) is 0 Å². The highest BCUT2D eigenvalue weighted by molar-refractivity contribution is 6.12. The Morgan fingerprint density at radius 2 is 1.94 bits per heavy atom. The number of fused-ring (bicyclic) bond motifs is 1. The third-order valence-electron chi connectivity index (χ3n) is 5.12. The predicted molar refractivity (Wildman–Crippen MR) is 121 cm³/mol. The topological polar surface area (TPSA) is 67.6 Å². The number of ketones is 1. The van der Waals surface area contributed by atoms with Gasteiger partial charge >= 0.3 is 0 Å². The quantitative estimate of drug-likeness (QED) is 0.316. The second kappa shape index (κ2) is 8.93. The molecule has 160 valence electrons. The maximum absolute atomic E-state index is 13.2. The zero-order valence-electron chi connectivity index (χ0n) is 17.5. The van der Waals surface area contributed by atoms with Crippen LogP contribution in [0.25, 0.3) is 16.9 Å². The van der Waals surface area contributed by atoms with Crippen molar-refractivity contribution < 1.29 is 14.0 Å². The van der Waals surface area contributed by atoms with E-state index < -0.39 is 5.82 Å². The maximum atomic E-state index is 13.2. The summed E-state index contributed by atoms with van der Waals surface area (Å²) < 4.78 is 14.8. The van der Waals surface area contributed by atoms with Gasteiger partial charge in [0.1, 0.15) is 5.82 Å². The second-order valence-electron chi connectivity index (χ2n) is 7.16. The van der Waals surface area contributed by atoms with Gasteiger partial charge in [0.05, 0.1) is 17.5 Å². The van der Waals surface area contributed by atoms with Crippen LogP contribution in [-0.4, -0.2) is 32.8 Å².